The number of rotatable bonds is 3. The van der Waals surface area contributed by atoms with Crippen molar-refractivity contribution < 1.29 is 13.6 Å². The number of alkyl halides is 2. The summed E-state index contributed by atoms with van der Waals surface area (Å²) in [6.07, 6.45) is -1.89. The number of H-pyrrole nitrogens is 1. The number of halogens is 4. The lowest BCUT2D eigenvalue weighted by Crippen LogP contribution is -2.26. The zero-order valence-corrected chi connectivity index (χ0v) is 13.8. The van der Waals surface area contributed by atoms with E-state index in [9.17, 15) is 13.6 Å². The van der Waals surface area contributed by atoms with Crippen molar-refractivity contribution in [3.8, 4) is 0 Å². The van der Waals surface area contributed by atoms with E-state index in [4.69, 9.17) is 23.2 Å². The van der Waals surface area contributed by atoms with Gasteiger partial charge in [-0.15, -0.1) is 0 Å². The normalized spacial score (nSPS) is 18.0. The summed E-state index contributed by atoms with van der Waals surface area (Å²) in [5, 5.41) is 6.78. The summed E-state index contributed by atoms with van der Waals surface area (Å²) >= 11 is 12.4. The Morgan fingerprint density at radius 2 is 2.17 bits per heavy atom. The van der Waals surface area contributed by atoms with Crippen molar-refractivity contribution in [1.82, 2.24) is 10.3 Å². The number of nitrogens with one attached hydrogen (secondary N) is 3. The summed E-state index contributed by atoms with van der Waals surface area (Å²) in [4.78, 5) is 15.3. The SMILES string of the molecule is CC1C(=O)NCCc2[nH]c3c(Cl)c(Cl)cc(NCC(F)F)c3c21. The van der Waals surface area contributed by atoms with Crippen LogP contribution in [0.25, 0.3) is 10.9 Å². The van der Waals surface area contributed by atoms with Gasteiger partial charge in [0.05, 0.1) is 28.0 Å². The summed E-state index contributed by atoms with van der Waals surface area (Å²) < 4.78 is 25.2. The monoisotopic (exact) mass is 361 g/mol. The molecule has 0 aliphatic carbocycles. The number of aromatic nitrogens is 1. The zero-order valence-electron chi connectivity index (χ0n) is 12.3. The third-order valence-corrected chi connectivity index (χ3v) is 4.82. The lowest BCUT2D eigenvalue weighted by atomic mass is 9.96. The summed E-state index contributed by atoms with van der Waals surface area (Å²) in [6, 6.07) is 1.53. The number of carbonyl (C=O) groups is 1. The molecule has 0 fully saturated rings. The minimum atomic E-state index is -2.50. The molecule has 23 heavy (non-hydrogen) atoms. The van der Waals surface area contributed by atoms with E-state index < -0.39 is 18.9 Å². The fourth-order valence-corrected chi connectivity index (χ4v) is 3.39. The smallest absolute Gasteiger partial charge is 0.255 e. The molecule has 1 aliphatic rings. The van der Waals surface area contributed by atoms with Crippen molar-refractivity contribution >= 4 is 45.7 Å². The molecule has 1 atom stereocenters. The Kier molecular flexibility index (Phi) is 4.38. The maximum Gasteiger partial charge on any atom is 0.255 e. The molecule has 3 rings (SSSR count). The Bertz CT molecular complexity index is 776. The van der Waals surface area contributed by atoms with Gasteiger partial charge in [0.2, 0.25) is 5.91 Å². The molecule has 3 N–H and O–H groups in total. The molecule has 124 valence electrons. The number of carbonyl (C=O) groups excluding carboxylic acids is 1. The predicted molar refractivity (Wildman–Crippen MR) is 87.9 cm³/mol. The molecule has 0 saturated carbocycles. The van der Waals surface area contributed by atoms with E-state index in [0.717, 1.165) is 11.3 Å². The number of aromatic amines is 1. The number of amides is 1. The minimum absolute atomic E-state index is 0.101. The van der Waals surface area contributed by atoms with E-state index in [1.165, 1.54) is 6.07 Å². The largest absolute Gasteiger partial charge is 0.379 e. The van der Waals surface area contributed by atoms with Crippen LogP contribution in [0.5, 0.6) is 0 Å². The molecule has 4 nitrogen and oxygen atoms in total. The van der Waals surface area contributed by atoms with Gasteiger partial charge in [0.1, 0.15) is 0 Å². The average Bonchev–Trinajstić information content (AvgIpc) is 2.82. The maximum atomic E-state index is 12.6. The van der Waals surface area contributed by atoms with Gasteiger partial charge < -0.3 is 15.6 Å². The van der Waals surface area contributed by atoms with Gasteiger partial charge in [0.25, 0.3) is 6.43 Å². The highest BCUT2D eigenvalue weighted by Crippen LogP contribution is 2.42. The summed E-state index contributed by atoms with van der Waals surface area (Å²) in [6.45, 7) is 1.79. The number of benzene rings is 1. The van der Waals surface area contributed by atoms with Gasteiger partial charge in [-0.05, 0) is 18.6 Å². The van der Waals surface area contributed by atoms with Crippen LogP contribution in [-0.4, -0.2) is 30.4 Å². The molecule has 1 aliphatic heterocycles. The predicted octanol–water partition coefficient (Wildman–Crippen LogP) is 3.93. The van der Waals surface area contributed by atoms with Crippen LogP contribution in [0.15, 0.2) is 6.07 Å². The molecule has 2 heterocycles. The van der Waals surface area contributed by atoms with Gasteiger partial charge >= 0.3 is 0 Å². The lowest BCUT2D eigenvalue weighted by Gasteiger charge is -2.14. The van der Waals surface area contributed by atoms with Gasteiger partial charge in [0.15, 0.2) is 0 Å². The number of hydrogen-bond donors (Lipinski definition) is 3. The highest BCUT2D eigenvalue weighted by Gasteiger charge is 2.28. The van der Waals surface area contributed by atoms with Crippen LogP contribution in [-0.2, 0) is 11.2 Å². The Morgan fingerprint density at radius 3 is 2.87 bits per heavy atom. The van der Waals surface area contributed by atoms with E-state index in [0.29, 0.717) is 34.6 Å². The first-order chi connectivity index (χ1) is 10.9. The van der Waals surface area contributed by atoms with Gasteiger partial charge in [0, 0.05) is 29.7 Å². The molecule has 0 bridgehead atoms. The second-order valence-electron chi connectivity index (χ2n) is 5.52. The highest BCUT2D eigenvalue weighted by atomic mass is 35.5. The molecule has 1 aromatic carbocycles. The van der Waals surface area contributed by atoms with E-state index in [2.05, 4.69) is 15.6 Å². The Balaban J connectivity index is 2.25. The van der Waals surface area contributed by atoms with Crippen LogP contribution < -0.4 is 10.6 Å². The Morgan fingerprint density at radius 1 is 1.43 bits per heavy atom. The van der Waals surface area contributed by atoms with Crippen LogP contribution in [0.4, 0.5) is 14.5 Å². The van der Waals surface area contributed by atoms with E-state index in [-0.39, 0.29) is 10.9 Å². The maximum absolute atomic E-state index is 12.6. The van der Waals surface area contributed by atoms with Crippen LogP contribution in [0.2, 0.25) is 10.0 Å². The lowest BCUT2D eigenvalue weighted by molar-refractivity contribution is -0.121. The van der Waals surface area contributed by atoms with Crippen molar-refractivity contribution in [3.63, 3.8) is 0 Å². The summed E-state index contributed by atoms with van der Waals surface area (Å²) in [5.41, 5.74) is 2.68. The molecule has 0 saturated heterocycles. The fourth-order valence-electron chi connectivity index (χ4n) is 2.99. The first-order valence-electron chi connectivity index (χ1n) is 7.22. The van der Waals surface area contributed by atoms with Gasteiger partial charge in [-0.2, -0.15) is 0 Å². The van der Waals surface area contributed by atoms with E-state index >= 15 is 0 Å². The summed E-state index contributed by atoms with van der Waals surface area (Å²) in [5.74, 6) is -0.513. The van der Waals surface area contributed by atoms with E-state index in [1.807, 2.05) is 0 Å². The van der Waals surface area contributed by atoms with E-state index in [1.54, 1.807) is 6.92 Å². The van der Waals surface area contributed by atoms with Crippen molar-refractivity contribution in [2.75, 3.05) is 18.4 Å². The van der Waals surface area contributed by atoms with Gasteiger partial charge in [-0.1, -0.05) is 23.2 Å². The molecular weight excluding hydrogens is 347 g/mol. The standard InChI is InChI=1S/C15H15Cl2F2N3O/c1-6-11-8(2-3-20-15(6)23)22-14-12(11)9(21-5-10(18)19)4-7(16)13(14)17/h4,6,10,21-22H,2-3,5H2,1H3,(H,20,23). The molecule has 2 aromatic rings. The van der Waals surface area contributed by atoms with Crippen LogP contribution >= 0.6 is 23.2 Å². The molecule has 1 amide bonds. The minimum Gasteiger partial charge on any atom is -0.379 e. The van der Waals surface area contributed by atoms with Crippen molar-refractivity contribution in [3.05, 3.63) is 27.4 Å². The molecule has 0 radical (unpaired) electrons. The van der Waals surface area contributed by atoms with Gasteiger partial charge in [-0.3, -0.25) is 4.79 Å². The number of fused-ring (bicyclic) bond motifs is 3. The summed E-state index contributed by atoms with van der Waals surface area (Å²) in [7, 11) is 0. The topological polar surface area (TPSA) is 56.9 Å². The first kappa shape index (κ1) is 16.3. The molecule has 1 unspecified atom stereocenters. The van der Waals surface area contributed by atoms with Crippen molar-refractivity contribution in [1.29, 1.82) is 0 Å². The van der Waals surface area contributed by atoms with Crippen molar-refractivity contribution in [2.24, 2.45) is 0 Å². The van der Waals surface area contributed by atoms with Gasteiger partial charge in [-0.25, -0.2) is 8.78 Å². The van der Waals surface area contributed by atoms with Crippen molar-refractivity contribution in [2.45, 2.75) is 25.7 Å². The molecular formula is C15H15Cl2F2N3O. The average molecular weight is 362 g/mol. The molecule has 8 heteroatoms. The number of hydrogen-bond acceptors (Lipinski definition) is 2. The first-order valence-corrected chi connectivity index (χ1v) is 7.98. The highest BCUT2D eigenvalue weighted by molar-refractivity contribution is 6.45. The fraction of sp³-hybridized carbons (Fsp3) is 0.400. The van der Waals surface area contributed by atoms with Crippen LogP contribution in [0.3, 0.4) is 0 Å². The van der Waals surface area contributed by atoms with Crippen LogP contribution in [0.1, 0.15) is 24.1 Å². The second kappa shape index (κ2) is 6.17. The zero-order chi connectivity index (χ0) is 16.7. The molecule has 1 aromatic heterocycles. The Hall–Kier alpha value is -1.53. The second-order valence-corrected chi connectivity index (χ2v) is 6.31. The molecule has 0 spiro atoms. The van der Waals surface area contributed by atoms with Crippen LogP contribution in [0, 0.1) is 0 Å². The Labute approximate surface area is 141 Å². The third kappa shape index (κ3) is 2.85. The number of anilines is 1. The third-order valence-electron chi connectivity index (χ3n) is 4.04. The quantitative estimate of drug-likeness (QED) is 0.775.